The SMILES string of the molecule is CC1(CNC(=O)[C@@H](Cc2ccccc2)NC(=O)C2(C(N)=O)CCCC2)CCN(CC2(C)CCOCC2)CC1. The number of hydrogen-bond acceptors (Lipinski definition) is 5. The highest BCUT2D eigenvalue weighted by atomic mass is 16.5. The molecule has 38 heavy (non-hydrogen) atoms. The third kappa shape index (κ3) is 6.94. The number of benzene rings is 1. The fourth-order valence-corrected chi connectivity index (χ4v) is 6.33. The average Bonchev–Trinajstić information content (AvgIpc) is 3.41. The summed E-state index contributed by atoms with van der Waals surface area (Å²) in [6, 6.07) is 8.89. The van der Waals surface area contributed by atoms with Gasteiger partial charge in [-0.3, -0.25) is 14.4 Å². The number of nitrogens with one attached hydrogen (secondary N) is 2. The largest absolute Gasteiger partial charge is 0.381 e. The number of nitrogens with two attached hydrogens (primary N) is 1. The van der Waals surface area contributed by atoms with Gasteiger partial charge in [0.2, 0.25) is 17.7 Å². The van der Waals surface area contributed by atoms with Crippen LogP contribution < -0.4 is 16.4 Å². The third-order valence-electron chi connectivity index (χ3n) is 9.33. The molecule has 8 nitrogen and oxygen atoms in total. The molecule has 210 valence electrons. The van der Waals surface area contributed by atoms with Gasteiger partial charge in [-0.25, -0.2) is 0 Å². The van der Waals surface area contributed by atoms with E-state index in [1.54, 1.807) is 0 Å². The van der Waals surface area contributed by atoms with E-state index in [1.807, 2.05) is 30.3 Å². The molecular formula is C30H46N4O4. The molecule has 1 aromatic carbocycles. The maximum Gasteiger partial charge on any atom is 0.242 e. The van der Waals surface area contributed by atoms with Crippen molar-refractivity contribution >= 4 is 17.7 Å². The fraction of sp³-hybridized carbons (Fsp3) is 0.700. The van der Waals surface area contributed by atoms with Crippen LogP contribution in [0.4, 0.5) is 0 Å². The predicted octanol–water partition coefficient (Wildman–Crippen LogP) is 2.79. The maximum absolute atomic E-state index is 13.5. The number of carbonyl (C=O) groups is 3. The second kappa shape index (κ2) is 12.2. The van der Waals surface area contributed by atoms with Gasteiger partial charge in [0.15, 0.2) is 0 Å². The second-order valence-electron chi connectivity index (χ2n) is 12.6. The van der Waals surface area contributed by atoms with Crippen molar-refractivity contribution in [2.24, 2.45) is 22.0 Å². The molecule has 0 aromatic heterocycles. The summed E-state index contributed by atoms with van der Waals surface area (Å²) >= 11 is 0. The van der Waals surface area contributed by atoms with Crippen molar-refractivity contribution in [3.8, 4) is 0 Å². The van der Waals surface area contributed by atoms with Gasteiger partial charge in [0.05, 0.1) is 0 Å². The third-order valence-corrected chi connectivity index (χ3v) is 9.33. The number of rotatable bonds is 10. The van der Waals surface area contributed by atoms with Crippen molar-refractivity contribution in [3.63, 3.8) is 0 Å². The Morgan fingerprint density at radius 2 is 1.58 bits per heavy atom. The Kier molecular flexibility index (Phi) is 9.14. The molecule has 0 spiro atoms. The Morgan fingerprint density at radius 1 is 0.947 bits per heavy atom. The molecule has 0 radical (unpaired) electrons. The monoisotopic (exact) mass is 526 g/mol. The summed E-state index contributed by atoms with van der Waals surface area (Å²) in [5, 5.41) is 6.07. The number of ether oxygens (including phenoxy) is 1. The van der Waals surface area contributed by atoms with Crippen LogP contribution in [0.15, 0.2) is 30.3 Å². The number of amides is 3. The number of nitrogens with zero attached hydrogens (tertiary/aromatic N) is 1. The summed E-state index contributed by atoms with van der Waals surface area (Å²) in [5.41, 5.74) is 5.75. The highest BCUT2D eigenvalue weighted by Gasteiger charge is 2.47. The minimum atomic E-state index is -1.21. The van der Waals surface area contributed by atoms with E-state index in [4.69, 9.17) is 10.5 Å². The minimum Gasteiger partial charge on any atom is -0.381 e. The number of hydrogen-bond donors (Lipinski definition) is 3. The first kappa shape index (κ1) is 28.6. The van der Waals surface area contributed by atoms with Gasteiger partial charge >= 0.3 is 0 Å². The Bertz CT molecular complexity index is 962. The quantitative estimate of drug-likeness (QED) is 0.406. The molecule has 8 heteroatoms. The summed E-state index contributed by atoms with van der Waals surface area (Å²) in [4.78, 5) is 41.6. The number of likely N-dealkylation sites (tertiary alicyclic amines) is 1. The van der Waals surface area contributed by atoms with E-state index in [2.05, 4.69) is 29.4 Å². The van der Waals surface area contributed by atoms with E-state index in [1.165, 1.54) is 0 Å². The molecule has 3 amide bonds. The number of carbonyl (C=O) groups excluding carboxylic acids is 3. The van der Waals surface area contributed by atoms with Gasteiger partial charge in [-0.1, -0.05) is 57.0 Å². The zero-order valence-electron chi connectivity index (χ0n) is 23.2. The van der Waals surface area contributed by atoms with Gasteiger partial charge in [0, 0.05) is 32.7 Å². The number of piperidine rings is 1. The molecule has 0 bridgehead atoms. The molecular weight excluding hydrogens is 480 g/mol. The van der Waals surface area contributed by atoms with Crippen molar-refractivity contribution in [2.75, 3.05) is 39.4 Å². The second-order valence-corrected chi connectivity index (χ2v) is 12.6. The van der Waals surface area contributed by atoms with E-state index in [0.29, 0.717) is 31.2 Å². The van der Waals surface area contributed by atoms with Gasteiger partial charge in [-0.2, -0.15) is 0 Å². The molecule has 1 aliphatic carbocycles. The lowest BCUT2D eigenvalue weighted by Gasteiger charge is -2.44. The Hall–Kier alpha value is -2.45. The van der Waals surface area contributed by atoms with E-state index in [-0.39, 0.29) is 11.3 Å². The maximum atomic E-state index is 13.5. The Labute approximate surface area is 227 Å². The van der Waals surface area contributed by atoms with Crippen LogP contribution in [-0.2, 0) is 25.5 Å². The normalized spacial score (nSPS) is 23.3. The molecule has 4 N–H and O–H groups in total. The van der Waals surface area contributed by atoms with Crippen molar-refractivity contribution in [1.82, 2.24) is 15.5 Å². The van der Waals surface area contributed by atoms with Crippen molar-refractivity contribution in [1.29, 1.82) is 0 Å². The van der Waals surface area contributed by atoms with Gasteiger partial charge in [-0.15, -0.1) is 0 Å². The zero-order chi connectivity index (χ0) is 27.2. The van der Waals surface area contributed by atoms with E-state index in [9.17, 15) is 14.4 Å². The molecule has 2 saturated heterocycles. The van der Waals surface area contributed by atoms with Crippen LogP contribution in [0.1, 0.15) is 70.8 Å². The zero-order valence-corrected chi connectivity index (χ0v) is 23.2. The Morgan fingerprint density at radius 3 is 2.18 bits per heavy atom. The first-order chi connectivity index (χ1) is 18.1. The molecule has 3 aliphatic rings. The van der Waals surface area contributed by atoms with Gasteiger partial charge < -0.3 is 26.0 Å². The van der Waals surface area contributed by atoms with Gasteiger partial charge in [0.1, 0.15) is 11.5 Å². The minimum absolute atomic E-state index is 0.00391. The lowest BCUT2D eigenvalue weighted by atomic mass is 9.77. The highest BCUT2D eigenvalue weighted by molar-refractivity contribution is 6.05. The van der Waals surface area contributed by atoms with Crippen molar-refractivity contribution in [3.05, 3.63) is 35.9 Å². The summed E-state index contributed by atoms with van der Waals surface area (Å²) in [5.74, 6) is -1.22. The summed E-state index contributed by atoms with van der Waals surface area (Å²) in [7, 11) is 0. The lowest BCUT2D eigenvalue weighted by Crippen LogP contribution is -2.56. The van der Waals surface area contributed by atoms with Gasteiger partial charge in [-0.05, 0) is 68.0 Å². The first-order valence-electron chi connectivity index (χ1n) is 14.4. The van der Waals surface area contributed by atoms with Crippen LogP contribution in [-0.4, -0.2) is 68.1 Å². The Balaban J connectivity index is 1.35. The molecule has 2 heterocycles. The average molecular weight is 527 g/mol. The first-order valence-corrected chi connectivity index (χ1v) is 14.4. The standard InChI is InChI=1S/C30H46N4O4/c1-28(12-16-34(17-13-28)22-29(2)14-18-38-19-15-29)21-32-25(35)24(20-23-8-4-3-5-9-23)33-27(37)30(26(31)36)10-6-7-11-30/h3-5,8-9,24H,6-7,10-22H2,1-2H3,(H2,31,36)(H,32,35)(H,33,37)/t24-/m1/s1. The number of primary amides is 1. The topological polar surface area (TPSA) is 114 Å². The van der Waals surface area contributed by atoms with E-state index < -0.39 is 23.3 Å². The summed E-state index contributed by atoms with van der Waals surface area (Å²) in [6.07, 6.45) is 7.07. The van der Waals surface area contributed by atoms with Crippen molar-refractivity contribution in [2.45, 2.75) is 77.7 Å². The predicted molar refractivity (Wildman–Crippen MR) is 147 cm³/mol. The van der Waals surface area contributed by atoms with Gasteiger partial charge in [0.25, 0.3) is 0 Å². The molecule has 2 aliphatic heterocycles. The smallest absolute Gasteiger partial charge is 0.242 e. The molecule has 3 fully saturated rings. The van der Waals surface area contributed by atoms with Crippen LogP contribution in [0.3, 0.4) is 0 Å². The van der Waals surface area contributed by atoms with Crippen LogP contribution in [0, 0.1) is 16.2 Å². The molecule has 1 aromatic rings. The van der Waals surface area contributed by atoms with Crippen LogP contribution in [0.25, 0.3) is 0 Å². The summed E-state index contributed by atoms with van der Waals surface area (Å²) < 4.78 is 5.56. The summed E-state index contributed by atoms with van der Waals surface area (Å²) in [6.45, 7) is 10.0. The fourth-order valence-electron chi connectivity index (χ4n) is 6.33. The lowest BCUT2D eigenvalue weighted by molar-refractivity contribution is -0.143. The molecule has 0 unspecified atom stereocenters. The van der Waals surface area contributed by atoms with Crippen LogP contribution >= 0.6 is 0 Å². The highest BCUT2D eigenvalue weighted by Crippen LogP contribution is 2.38. The van der Waals surface area contributed by atoms with Crippen LogP contribution in [0.5, 0.6) is 0 Å². The van der Waals surface area contributed by atoms with Crippen LogP contribution in [0.2, 0.25) is 0 Å². The van der Waals surface area contributed by atoms with E-state index >= 15 is 0 Å². The molecule has 1 atom stereocenters. The molecule has 1 saturated carbocycles. The van der Waals surface area contributed by atoms with Crippen molar-refractivity contribution < 1.29 is 19.1 Å². The van der Waals surface area contributed by atoms with E-state index in [0.717, 1.165) is 76.9 Å². The molecule has 4 rings (SSSR count).